The minimum atomic E-state index is -0.812. The van der Waals surface area contributed by atoms with Gasteiger partial charge in [0.2, 0.25) is 0 Å². The predicted molar refractivity (Wildman–Crippen MR) is 79.9 cm³/mol. The van der Waals surface area contributed by atoms with Gasteiger partial charge < -0.3 is 14.6 Å². The Kier molecular flexibility index (Phi) is 5.07. The van der Waals surface area contributed by atoms with Gasteiger partial charge in [-0.25, -0.2) is 0 Å². The van der Waals surface area contributed by atoms with Crippen molar-refractivity contribution in [2.24, 2.45) is 5.92 Å². The molecule has 116 valence electrons. The van der Waals surface area contributed by atoms with Gasteiger partial charge in [0.1, 0.15) is 19.3 Å². The van der Waals surface area contributed by atoms with E-state index in [1.54, 1.807) is 0 Å². The summed E-state index contributed by atoms with van der Waals surface area (Å²) in [5.41, 5.74) is 0.995. The van der Waals surface area contributed by atoms with E-state index in [0.29, 0.717) is 25.6 Å². The monoisotopic (exact) mass is 293 g/mol. The number of carboxylic acid groups (broad SMARTS) is 1. The van der Waals surface area contributed by atoms with Gasteiger partial charge in [-0.2, -0.15) is 0 Å². The van der Waals surface area contributed by atoms with Crippen molar-refractivity contribution in [3.05, 3.63) is 23.8 Å². The van der Waals surface area contributed by atoms with Crippen LogP contribution in [0.25, 0.3) is 0 Å². The molecule has 0 bridgehead atoms. The molecule has 1 aliphatic heterocycles. The molecular weight excluding hydrogens is 270 g/mol. The molecule has 0 saturated carbocycles. The molecule has 1 heterocycles. The summed E-state index contributed by atoms with van der Waals surface area (Å²) in [7, 11) is 0. The van der Waals surface area contributed by atoms with Gasteiger partial charge in [0, 0.05) is 6.04 Å². The highest BCUT2D eigenvalue weighted by molar-refractivity contribution is 5.73. The average molecular weight is 293 g/mol. The van der Waals surface area contributed by atoms with Crippen LogP contribution in [0.4, 0.5) is 0 Å². The molecule has 0 spiro atoms. The van der Waals surface area contributed by atoms with Crippen molar-refractivity contribution in [1.82, 2.24) is 5.32 Å². The van der Waals surface area contributed by atoms with Crippen molar-refractivity contribution >= 4 is 5.97 Å². The molecule has 0 fully saturated rings. The Morgan fingerprint density at radius 1 is 1.24 bits per heavy atom. The Morgan fingerprint density at radius 2 is 1.90 bits per heavy atom. The van der Waals surface area contributed by atoms with Crippen LogP contribution in [0.2, 0.25) is 0 Å². The first kappa shape index (κ1) is 15.6. The fourth-order valence-electron chi connectivity index (χ4n) is 2.44. The van der Waals surface area contributed by atoms with Crippen LogP contribution >= 0.6 is 0 Å². The Balaban J connectivity index is 2.08. The van der Waals surface area contributed by atoms with E-state index in [1.807, 2.05) is 39.0 Å². The number of rotatable bonds is 6. The van der Waals surface area contributed by atoms with Crippen LogP contribution in [-0.2, 0) is 4.79 Å². The van der Waals surface area contributed by atoms with Gasteiger partial charge in [-0.1, -0.05) is 19.9 Å². The molecule has 2 rings (SSSR count). The van der Waals surface area contributed by atoms with Gasteiger partial charge in [-0.3, -0.25) is 10.1 Å². The van der Waals surface area contributed by atoms with E-state index in [1.165, 1.54) is 0 Å². The summed E-state index contributed by atoms with van der Waals surface area (Å²) in [6.07, 6.45) is 0.601. The predicted octanol–water partition coefficient (Wildman–Crippen LogP) is 2.61. The zero-order valence-corrected chi connectivity index (χ0v) is 12.8. The van der Waals surface area contributed by atoms with Crippen molar-refractivity contribution in [2.45, 2.75) is 39.3 Å². The fraction of sp³-hybridized carbons (Fsp3) is 0.562. The van der Waals surface area contributed by atoms with Gasteiger partial charge in [-0.15, -0.1) is 0 Å². The molecule has 5 nitrogen and oxygen atoms in total. The number of aliphatic carboxylic acids is 1. The standard InChI is InChI=1S/C16H23NO4/c1-10(2)8-13(16(18)19)17-11(3)12-4-5-14-15(9-12)21-7-6-20-14/h4-5,9-11,13,17H,6-8H2,1-3H3,(H,18,19). The lowest BCUT2D eigenvalue weighted by atomic mass is 10.0. The maximum absolute atomic E-state index is 11.3. The average Bonchev–Trinajstić information content (AvgIpc) is 2.45. The molecular formula is C16H23NO4. The van der Waals surface area contributed by atoms with Gasteiger partial charge >= 0.3 is 5.97 Å². The topological polar surface area (TPSA) is 67.8 Å². The maximum atomic E-state index is 11.3. The van der Waals surface area contributed by atoms with Crippen molar-refractivity contribution in [2.75, 3.05) is 13.2 Å². The SMILES string of the molecule is CC(C)CC(NC(C)c1ccc2c(c1)OCCO2)C(=O)O. The molecule has 1 aromatic rings. The van der Waals surface area contributed by atoms with Crippen LogP contribution in [0.5, 0.6) is 11.5 Å². The third-order valence-corrected chi connectivity index (χ3v) is 3.52. The molecule has 0 aliphatic carbocycles. The summed E-state index contributed by atoms with van der Waals surface area (Å²) >= 11 is 0. The van der Waals surface area contributed by atoms with Crippen LogP contribution in [0.3, 0.4) is 0 Å². The van der Waals surface area contributed by atoms with Crippen molar-refractivity contribution in [1.29, 1.82) is 0 Å². The molecule has 2 unspecified atom stereocenters. The highest BCUT2D eigenvalue weighted by Gasteiger charge is 2.22. The van der Waals surface area contributed by atoms with Gasteiger partial charge in [0.15, 0.2) is 11.5 Å². The molecule has 1 aromatic carbocycles. The number of fused-ring (bicyclic) bond motifs is 1. The molecule has 0 saturated heterocycles. The first-order valence-corrected chi connectivity index (χ1v) is 7.35. The van der Waals surface area contributed by atoms with Crippen LogP contribution < -0.4 is 14.8 Å². The molecule has 21 heavy (non-hydrogen) atoms. The van der Waals surface area contributed by atoms with E-state index in [9.17, 15) is 9.90 Å². The second-order valence-electron chi connectivity index (χ2n) is 5.81. The third-order valence-electron chi connectivity index (χ3n) is 3.52. The summed E-state index contributed by atoms with van der Waals surface area (Å²) in [6, 6.07) is 5.12. The van der Waals surface area contributed by atoms with E-state index in [-0.39, 0.29) is 6.04 Å². The van der Waals surface area contributed by atoms with Crippen LogP contribution in [0.15, 0.2) is 18.2 Å². The van der Waals surface area contributed by atoms with E-state index in [0.717, 1.165) is 17.1 Å². The van der Waals surface area contributed by atoms with Crippen LogP contribution in [0, 0.1) is 5.92 Å². The van der Waals surface area contributed by atoms with E-state index in [2.05, 4.69) is 5.32 Å². The zero-order chi connectivity index (χ0) is 15.4. The zero-order valence-electron chi connectivity index (χ0n) is 12.8. The second-order valence-corrected chi connectivity index (χ2v) is 5.81. The molecule has 1 aliphatic rings. The number of carboxylic acids is 1. The summed E-state index contributed by atoms with van der Waals surface area (Å²) in [5, 5.41) is 12.5. The Morgan fingerprint density at radius 3 is 2.52 bits per heavy atom. The molecule has 0 radical (unpaired) electrons. The van der Waals surface area contributed by atoms with Crippen molar-refractivity contribution < 1.29 is 19.4 Å². The molecule has 5 heteroatoms. The summed E-state index contributed by atoms with van der Waals surface area (Å²) in [5.74, 6) is 0.983. The van der Waals surface area contributed by atoms with Crippen molar-refractivity contribution in [3.63, 3.8) is 0 Å². The summed E-state index contributed by atoms with van der Waals surface area (Å²) < 4.78 is 11.1. The van der Waals surface area contributed by atoms with Gasteiger partial charge in [-0.05, 0) is 37.0 Å². The Hall–Kier alpha value is -1.75. The minimum Gasteiger partial charge on any atom is -0.486 e. The fourth-order valence-corrected chi connectivity index (χ4v) is 2.44. The Bertz CT molecular complexity index is 501. The van der Waals surface area contributed by atoms with E-state index >= 15 is 0 Å². The number of hydrogen-bond donors (Lipinski definition) is 2. The molecule has 2 N–H and O–H groups in total. The molecule has 0 amide bonds. The first-order valence-electron chi connectivity index (χ1n) is 7.35. The molecule has 0 aromatic heterocycles. The van der Waals surface area contributed by atoms with Crippen LogP contribution in [0.1, 0.15) is 38.8 Å². The first-order chi connectivity index (χ1) is 9.97. The van der Waals surface area contributed by atoms with Gasteiger partial charge in [0.05, 0.1) is 0 Å². The van der Waals surface area contributed by atoms with Crippen LogP contribution in [-0.4, -0.2) is 30.3 Å². The number of nitrogens with one attached hydrogen (secondary N) is 1. The second kappa shape index (κ2) is 6.80. The normalized spacial score (nSPS) is 16.6. The third kappa shape index (κ3) is 4.11. The van der Waals surface area contributed by atoms with E-state index < -0.39 is 12.0 Å². The molecule has 2 atom stereocenters. The largest absolute Gasteiger partial charge is 0.486 e. The van der Waals surface area contributed by atoms with Crippen molar-refractivity contribution in [3.8, 4) is 11.5 Å². The number of benzene rings is 1. The Labute approximate surface area is 125 Å². The lowest BCUT2D eigenvalue weighted by molar-refractivity contribution is -0.140. The van der Waals surface area contributed by atoms with E-state index in [4.69, 9.17) is 9.47 Å². The highest BCUT2D eigenvalue weighted by atomic mass is 16.6. The number of carbonyl (C=O) groups is 1. The minimum absolute atomic E-state index is 0.0688. The lowest BCUT2D eigenvalue weighted by Gasteiger charge is -2.24. The quantitative estimate of drug-likeness (QED) is 0.844. The smallest absolute Gasteiger partial charge is 0.320 e. The summed E-state index contributed by atoms with van der Waals surface area (Å²) in [4.78, 5) is 11.3. The van der Waals surface area contributed by atoms with Gasteiger partial charge in [0.25, 0.3) is 0 Å². The summed E-state index contributed by atoms with van der Waals surface area (Å²) in [6.45, 7) is 7.11. The lowest BCUT2D eigenvalue weighted by Crippen LogP contribution is -2.39. The maximum Gasteiger partial charge on any atom is 0.320 e. The number of ether oxygens (including phenoxy) is 2. The highest BCUT2D eigenvalue weighted by Crippen LogP contribution is 2.32. The number of hydrogen-bond acceptors (Lipinski definition) is 4.